The minimum atomic E-state index is -4.06. The van der Waals surface area contributed by atoms with Crippen LogP contribution in [0.5, 0.6) is 11.5 Å². The lowest BCUT2D eigenvalue weighted by atomic mass is 10.1. The maximum atomic E-state index is 13.0. The maximum absolute atomic E-state index is 13.0. The molecule has 120 valence electrons. The van der Waals surface area contributed by atoms with E-state index >= 15 is 0 Å². The molecule has 1 aromatic carbocycles. The van der Waals surface area contributed by atoms with E-state index in [-0.39, 0.29) is 5.75 Å². The smallest absolute Gasteiger partial charge is 0.316 e. The number of methoxy groups -OCH3 is 2. The number of hydrogen-bond donors (Lipinski definition) is 1. The monoisotopic (exact) mass is 327 g/mol. The van der Waals surface area contributed by atoms with Crippen molar-refractivity contribution in [1.82, 2.24) is 0 Å². The summed E-state index contributed by atoms with van der Waals surface area (Å²) < 4.78 is 60.7. The van der Waals surface area contributed by atoms with Crippen LogP contribution in [0.25, 0.3) is 0 Å². The molecule has 0 spiro atoms. The van der Waals surface area contributed by atoms with Gasteiger partial charge >= 0.3 is 12.3 Å². The molecule has 0 amide bonds. The van der Waals surface area contributed by atoms with Crippen molar-refractivity contribution in [3.8, 4) is 11.5 Å². The highest BCUT2D eigenvalue weighted by atomic mass is 32.2. The fraction of sp³-hybridized carbons (Fsp3) is 0.538. The van der Waals surface area contributed by atoms with Gasteiger partial charge in [-0.05, 0) is 30.7 Å². The average Bonchev–Trinajstić information content (AvgIpc) is 2.44. The standard InChI is InChI=1S/C13H17F4NO2S/c1-19-9-5-8(3-4-18)6-10(11(9)20-2)21-7-13(16,17)12(14)15/h5-6,12H,3-4,7,18H2,1-2H3. The summed E-state index contributed by atoms with van der Waals surface area (Å²) in [4.78, 5) is 0.320. The number of benzene rings is 1. The van der Waals surface area contributed by atoms with E-state index in [0.29, 0.717) is 35.4 Å². The van der Waals surface area contributed by atoms with Gasteiger partial charge in [0.05, 0.1) is 24.9 Å². The molecule has 0 saturated heterocycles. The molecule has 0 atom stereocenters. The minimum Gasteiger partial charge on any atom is -0.493 e. The van der Waals surface area contributed by atoms with Crippen LogP contribution in [-0.4, -0.2) is 38.9 Å². The van der Waals surface area contributed by atoms with Crippen molar-refractivity contribution in [2.75, 3.05) is 26.5 Å². The van der Waals surface area contributed by atoms with Gasteiger partial charge in [-0.3, -0.25) is 0 Å². The molecule has 3 nitrogen and oxygen atoms in total. The first-order valence-corrected chi connectivity index (χ1v) is 7.08. The molecule has 8 heteroatoms. The molecule has 0 aromatic heterocycles. The summed E-state index contributed by atoms with van der Waals surface area (Å²) in [6, 6.07) is 3.28. The van der Waals surface area contributed by atoms with E-state index in [1.54, 1.807) is 12.1 Å². The lowest BCUT2D eigenvalue weighted by Gasteiger charge is -2.18. The number of rotatable bonds is 8. The Balaban J connectivity index is 3.05. The highest BCUT2D eigenvalue weighted by Crippen LogP contribution is 2.41. The van der Waals surface area contributed by atoms with Crippen LogP contribution in [0.4, 0.5) is 17.6 Å². The summed E-state index contributed by atoms with van der Waals surface area (Å²) >= 11 is 0.601. The predicted molar refractivity (Wildman–Crippen MR) is 74.0 cm³/mol. The Bertz CT molecular complexity index is 472. The molecule has 1 rings (SSSR count). The van der Waals surface area contributed by atoms with Crippen molar-refractivity contribution in [1.29, 1.82) is 0 Å². The number of thioether (sulfide) groups is 1. The van der Waals surface area contributed by atoms with Crippen LogP contribution in [0.3, 0.4) is 0 Å². The second-order valence-corrected chi connectivity index (χ2v) is 5.24. The maximum Gasteiger partial charge on any atom is 0.316 e. The van der Waals surface area contributed by atoms with E-state index < -0.39 is 18.1 Å². The van der Waals surface area contributed by atoms with Crippen LogP contribution < -0.4 is 15.2 Å². The predicted octanol–water partition coefficient (Wildman–Crippen LogP) is 3.20. The van der Waals surface area contributed by atoms with Gasteiger partial charge in [0.1, 0.15) is 0 Å². The van der Waals surface area contributed by atoms with Crippen molar-refractivity contribution in [2.45, 2.75) is 23.7 Å². The summed E-state index contributed by atoms with van der Waals surface area (Å²) in [5.74, 6) is -4.51. The van der Waals surface area contributed by atoms with Gasteiger partial charge in [0.15, 0.2) is 11.5 Å². The second kappa shape index (κ2) is 7.74. The van der Waals surface area contributed by atoms with Gasteiger partial charge in [-0.2, -0.15) is 8.78 Å². The van der Waals surface area contributed by atoms with Gasteiger partial charge in [-0.1, -0.05) is 0 Å². The summed E-state index contributed by atoms with van der Waals surface area (Å²) in [5.41, 5.74) is 6.22. The Labute approximate surface area is 124 Å². The number of ether oxygens (including phenoxy) is 2. The van der Waals surface area contributed by atoms with E-state index in [4.69, 9.17) is 15.2 Å². The number of alkyl halides is 4. The van der Waals surface area contributed by atoms with Crippen LogP contribution in [0.15, 0.2) is 17.0 Å². The fourth-order valence-electron chi connectivity index (χ4n) is 1.64. The third-order valence-electron chi connectivity index (χ3n) is 2.68. The van der Waals surface area contributed by atoms with Crippen LogP contribution in [0.2, 0.25) is 0 Å². The van der Waals surface area contributed by atoms with Gasteiger partial charge in [0, 0.05) is 0 Å². The van der Waals surface area contributed by atoms with Crippen molar-refractivity contribution in [3.05, 3.63) is 17.7 Å². The zero-order valence-electron chi connectivity index (χ0n) is 11.7. The minimum absolute atomic E-state index is 0.244. The summed E-state index contributed by atoms with van der Waals surface area (Å²) in [6.45, 7) is 0.368. The molecule has 0 radical (unpaired) electrons. The molecule has 0 unspecified atom stereocenters. The molecular weight excluding hydrogens is 310 g/mol. The van der Waals surface area contributed by atoms with Crippen molar-refractivity contribution in [2.24, 2.45) is 5.73 Å². The van der Waals surface area contributed by atoms with Gasteiger partial charge in [-0.25, -0.2) is 8.78 Å². The van der Waals surface area contributed by atoms with Crippen LogP contribution >= 0.6 is 11.8 Å². The fourth-order valence-corrected chi connectivity index (χ4v) is 2.66. The van der Waals surface area contributed by atoms with Crippen molar-refractivity contribution < 1.29 is 27.0 Å². The Morgan fingerprint density at radius 1 is 1.24 bits per heavy atom. The summed E-state index contributed by atoms with van der Waals surface area (Å²) in [7, 11) is 2.77. The van der Waals surface area contributed by atoms with Gasteiger partial charge in [0.2, 0.25) is 0 Å². The van der Waals surface area contributed by atoms with Crippen LogP contribution in [-0.2, 0) is 6.42 Å². The third kappa shape index (κ3) is 4.67. The van der Waals surface area contributed by atoms with E-state index in [0.717, 1.165) is 5.56 Å². The largest absolute Gasteiger partial charge is 0.493 e. The Morgan fingerprint density at radius 2 is 1.90 bits per heavy atom. The van der Waals surface area contributed by atoms with Crippen LogP contribution in [0.1, 0.15) is 5.56 Å². The number of halogens is 4. The second-order valence-electron chi connectivity index (χ2n) is 4.22. The topological polar surface area (TPSA) is 44.5 Å². The average molecular weight is 327 g/mol. The molecule has 2 N–H and O–H groups in total. The summed E-state index contributed by atoms with van der Waals surface area (Å²) in [6.07, 6.45) is -3.19. The highest BCUT2D eigenvalue weighted by Gasteiger charge is 2.40. The zero-order chi connectivity index (χ0) is 16.0. The van der Waals surface area contributed by atoms with Crippen molar-refractivity contribution in [3.63, 3.8) is 0 Å². The first-order valence-electron chi connectivity index (χ1n) is 6.09. The first-order chi connectivity index (χ1) is 9.85. The SMILES string of the molecule is COc1cc(CCN)cc(SCC(F)(F)C(F)F)c1OC. The Kier molecular flexibility index (Phi) is 6.60. The van der Waals surface area contributed by atoms with Gasteiger partial charge in [-0.15, -0.1) is 11.8 Å². The molecule has 0 saturated carbocycles. The normalized spacial score (nSPS) is 11.8. The van der Waals surface area contributed by atoms with E-state index in [2.05, 4.69) is 0 Å². The Hall–Kier alpha value is -1.15. The Morgan fingerprint density at radius 3 is 2.38 bits per heavy atom. The lowest BCUT2D eigenvalue weighted by molar-refractivity contribution is -0.109. The van der Waals surface area contributed by atoms with Gasteiger partial charge < -0.3 is 15.2 Å². The van der Waals surface area contributed by atoms with E-state index in [9.17, 15) is 17.6 Å². The lowest BCUT2D eigenvalue weighted by Crippen LogP contribution is -2.29. The molecule has 0 heterocycles. The van der Waals surface area contributed by atoms with Crippen LogP contribution in [0, 0.1) is 0 Å². The summed E-state index contributed by atoms with van der Waals surface area (Å²) in [5, 5.41) is 0. The van der Waals surface area contributed by atoms with Gasteiger partial charge in [0.25, 0.3) is 0 Å². The molecule has 0 fully saturated rings. The molecule has 0 aliphatic rings. The van der Waals surface area contributed by atoms with E-state index in [1.807, 2.05) is 0 Å². The molecule has 0 aliphatic carbocycles. The third-order valence-corrected chi connectivity index (χ3v) is 3.82. The number of hydrogen-bond acceptors (Lipinski definition) is 4. The molecule has 0 aliphatic heterocycles. The van der Waals surface area contributed by atoms with E-state index in [1.165, 1.54) is 14.2 Å². The molecule has 1 aromatic rings. The van der Waals surface area contributed by atoms with Crippen molar-refractivity contribution >= 4 is 11.8 Å². The molecular formula is C13H17F4NO2S. The highest BCUT2D eigenvalue weighted by molar-refractivity contribution is 7.99. The molecule has 0 bridgehead atoms. The quantitative estimate of drug-likeness (QED) is 0.588. The zero-order valence-corrected chi connectivity index (χ0v) is 12.5. The first kappa shape index (κ1) is 17.9. The number of nitrogens with two attached hydrogens (primary N) is 1. The molecule has 21 heavy (non-hydrogen) atoms.